The van der Waals surface area contributed by atoms with E-state index in [2.05, 4.69) is 22.4 Å². The molecule has 3 aromatic rings. The first-order chi connectivity index (χ1) is 12.1. The molecule has 0 bridgehead atoms. The van der Waals surface area contributed by atoms with Crippen LogP contribution in [0.3, 0.4) is 0 Å². The van der Waals surface area contributed by atoms with Gasteiger partial charge in [-0.05, 0) is 29.3 Å². The molecule has 1 atom stereocenters. The van der Waals surface area contributed by atoms with Crippen molar-refractivity contribution < 1.29 is 8.42 Å². The van der Waals surface area contributed by atoms with Crippen molar-refractivity contribution in [2.45, 2.75) is 17.4 Å². The number of imidazole rings is 1. The second-order valence-electron chi connectivity index (χ2n) is 6.28. The quantitative estimate of drug-likeness (QED) is 0.766. The molecule has 0 amide bonds. The lowest BCUT2D eigenvalue weighted by Crippen LogP contribution is -2.22. The highest BCUT2D eigenvalue weighted by Crippen LogP contribution is 2.34. The summed E-state index contributed by atoms with van der Waals surface area (Å²) in [5, 5.41) is 3.39. The van der Waals surface area contributed by atoms with Crippen LogP contribution < -0.4 is 5.32 Å². The van der Waals surface area contributed by atoms with Crippen molar-refractivity contribution in [3.8, 4) is 5.69 Å². The maximum Gasteiger partial charge on any atom is 0.179 e. The van der Waals surface area contributed by atoms with Crippen LogP contribution in [0.25, 0.3) is 5.69 Å². The molecule has 1 aliphatic rings. The maximum atomic E-state index is 12.2. The third-order valence-corrected chi connectivity index (χ3v) is 6.46. The van der Waals surface area contributed by atoms with Crippen LogP contribution in [-0.2, 0) is 16.4 Å². The Morgan fingerprint density at radius 3 is 2.68 bits per heavy atom. The molecule has 0 radical (unpaired) electrons. The molecule has 0 spiro atoms. The SMILES string of the molecule is O=S1(=O)CC(CNCc2ccc(-n3ccnc3)cc2)c2ccccc21. The van der Waals surface area contributed by atoms with Gasteiger partial charge in [-0.1, -0.05) is 30.3 Å². The first-order valence-electron chi connectivity index (χ1n) is 8.23. The van der Waals surface area contributed by atoms with Crippen molar-refractivity contribution in [3.05, 3.63) is 78.4 Å². The van der Waals surface area contributed by atoms with Gasteiger partial charge in [-0.15, -0.1) is 0 Å². The number of hydrogen-bond acceptors (Lipinski definition) is 4. The lowest BCUT2D eigenvalue weighted by molar-refractivity contribution is 0.588. The Hall–Kier alpha value is -2.44. The normalized spacial score (nSPS) is 18.2. The topological polar surface area (TPSA) is 64.0 Å². The van der Waals surface area contributed by atoms with Gasteiger partial charge in [-0.25, -0.2) is 13.4 Å². The van der Waals surface area contributed by atoms with Crippen LogP contribution in [0, 0.1) is 0 Å². The molecule has 6 heteroatoms. The molecule has 2 heterocycles. The highest BCUT2D eigenvalue weighted by atomic mass is 32.2. The molecule has 1 unspecified atom stereocenters. The fraction of sp³-hybridized carbons (Fsp3) is 0.211. The Bertz CT molecular complexity index is 964. The average Bonchev–Trinajstić information content (AvgIpc) is 3.23. The molecule has 0 saturated carbocycles. The summed E-state index contributed by atoms with van der Waals surface area (Å²) >= 11 is 0. The smallest absolute Gasteiger partial charge is 0.179 e. The molecule has 1 aromatic heterocycles. The Balaban J connectivity index is 1.39. The zero-order valence-electron chi connectivity index (χ0n) is 13.7. The van der Waals surface area contributed by atoms with Gasteiger partial charge in [0.05, 0.1) is 17.0 Å². The molecule has 1 aliphatic heterocycles. The second kappa shape index (κ2) is 6.46. The summed E-state index contributed by atoms with van der Waals surface area (Å²) in [6, 6.07) is 15.6. The predicted octanol–water partition coefficient (Wildman–Crippen LogP) is 2.53. The molecule has 2 aromatic carbocycles. The van der Waals surface area contributed by atoms with Crippen molar-refractivity contribution in [2.75, 3.05) is 12.3 Å². The highest BCUT2D eigenvalue weighted by Gasteiger charge is 2.33. The Labute approximate surface area is 147 Å². The molecular formula is C19H19N3O2S. The lowest BCUT2D eigenvalue weighted by atomic mass is 10.0. The zero-order valence-corrected chi connectivity index (χ0v) is 14.5. The van der Waals surface area contributed by atoms with Crippen molar-refractivity contribution in [3.63, 3.8) is 0 Å². The fourth-order valence-corrected chi connectivity index (χ4v) is 5.19. The number of aromatic nitrogens is 2. The van der Waals surface area contributed by atoms with Crippen LogP contribution in [0.4, 0.5) is 0 Å². The summed E-state index contributed by atoms with van der Waals surface area (Å²) in [6.45, 7) is 1.36. The van der Waals surface area contributed by atoms with Crippen molar-refractivity contribution >= 4 is 9.84 Å². The molecule has 1 N–H and O–H groups in total. The summed E-state index contributed by atoms with van der Waals surface area (Å²) in [5.41, 5.74) is 3.17. The van der Waals surface area contributed by atoms with E-state index in [0.717, 1.165) is 16.8 Å². The number of fused-ring (bicyclic) bond motifs is 1. The molecule has 0 fully saturated rings. The number of benzene rings is 2. The van der Waals surface area contributed by atoms with Crippen molar-refractivity contribution in [1.29, 1.82) is 0 Å². The predicted molar refractivity (Wildman–Crippen MR) is 96.5 cm³/mol. The number of sulfone groups is 1. The minimum Gasteiger partial charge on any atom is -0.312 e. The van der Waals surface area contributed by atoms with Gasteiger partial charge in [0.2, 0.25) is 0 Å². The van der Waals surface area contributed by atoms with Gasteiger partial charge in [0.25, 0.3) is 0 Å². The molecule has 4 rings (SSSR count). The van der Waals surface area contributed by atoms with E-state index in [1.807, 2.05) is 35.0 Å². The van der Waals surface area contributed by atoms with E-state index >= 15 is 0 Å². The lowest BCUT2D eigenvalue weighted by Gasteiger charge is -2.12. The first-order valence-corrected chi connectivity index (χ1v) is 9.88. The van der Waals surface area contributed by atoms with Gasteiger partial charge >= 0.3 is 0 Å². The van der Waals surface area contributed by atoms with E-state index in [9.17, 15) is 8.42 Å². The standard InChI is InChI=1S/C19H19N3O2S/c23-25(24)13-16(18-3-1-2-4-19(18)25)12-21-11-15-5-7-17(8-6-15)22-10-9-20-14-22/h1-10,14,16,21H,11-13H2. The molecular weight excluding hydrogens is 334 g/mol. The molecule has 25 heavy (non-hydrogen) atoms. The number of hydrogen-bond donors (Lipinski definition) is 1. The van der Waals surface area contributed by atoms with Crippen molar-refractivity contribution in [1.82, 2.24) is 14.9 Å². The van der Waals surface area contributed by atoms with Crippen LogP contribution >= 0.6 is 0 Å². The van der Waals surface area contributed by atoms with Crippen LogP contribution in [0.5, 0.6) is 0 Å². The number of nitrogens with zero attached hydrogens (tertiary/aromatic N) is 2. The summed E-state index contributed by atoms with van der Waals surface area (Å²) < 4.78 is 26.4. The van der Waals surface area contributed by atoms with E-state index < -0.39 is 9.84 Å². The van der Waals surface area contributed by atoms with Crippen LogP contribution in [0.15, 0.2) is 72.1 Å². The highest BCUT2D eigenvalue weighted by molar-refractivity contribution is 7.91. The number of nitrogens with one attached hydrogen (secondary N) is 1. The monoisotopic (exact) mass is 353 g/mol. The molecule has 5 nitrogen and oxygen atoms in total. The maximum absolute atomic E-state index is 12.2. The Morgan fingerprint density at radius 1 is 1.12 bits per heavy atom. The van der Waals surface area contributed by atoms with E-state index in [-0.39, 0.29) is 11.7 Å². The van der Waals surface area contributed by atoms with Crippen LogP contribution in [0.1, 0.15) is 17.0 Å². The van der Waals surface area contributed by atoms with E-state index in [4.69, 9.17) is 0 Å². The Kier molecular flexibility index (Phi) is 4.15. The second-order valence-corrected chi connectivity index (χ2v) is 8.29. The van der Waals surface area contributed by atoms with Gasteiger partial charge in [-0.2, -0.15) is 0 Å². The largest absolute Gasteiger partial charge is 0.312 e. The third kappa shape index (κ3) is 3.23. The summed E-state index contributed by atoms with van der Waals surface area (Å²) in [5.74, 6) is 0.213. The van der Waals surface area contributed by atoms with E-state index in [1.54, 1.807) is 24.7 Å². The number of rotatable bonds is 5. The minimum atomic E-state index is -3.13. The van der Waals surface area contributed by atoms with E-state index in [1.165, 1.54) is 0 Å². The van der Waals surface area contributed by atoms with Gasteiger partial charge in [0, 0.05) is 37.1 Å². The first kappa shape index (κ1) is 16.1. The fourth-order valence-electron chi connectivity index (χ4n) is 3.30. The van der Waals surface area contributed by atoms with Gasteiger partial charge in [-0.3, -0.25) is 0 Å². The molecule has 0 saturated heterocycles. The third-order valence-electron chi connectivity index (χ3n) is 4.57. The van der Waals surface area contributed by atoms with Crippen LogP contribution in [-0.4, -0.2) is 30.3 Å². The zero-order chi connectivity index (χ0) is 17.3. The Morgan fingerprint density at radius 2 is 1.92 bits per heavy atom. The minimum absolute atomic E-state index is 0.0198. The molecule has 128 valence electrons. The summed E-state index contributed by atoms with van der Waals surface area (Å²) in [7, 11) is -3.13. The molecule has 0 aliphatic carbocycles. The van der Waals surface area contributed by atoms with Gasteiger partial charge in [0.15, 0.2) is 9.84 Å². The van der Waals surface area contributed by atoms with Gasteiger partial charge < -0.3 is 9.88 Å². The summed E-state index contributed by atoms with van der Waals surface area (Å²) in [4.78, 5) is 4.54. The van der Waals surface area contributed by atoms with Gasteiger partial charge in [0.1, 0.15) is 0 Å². The average molecular weight is 353 g/mol. The van der Waals surface area contributed by atoms with Crippen molar-refractivity contribution in [2.24, 2.45) is 0 Å². The van der Waals surface area contributed by atoms with E-state index in [0.29, 0.717) is 18.0 Å². The van der Waals surface area contributed by atoms with Crippen LogP contribution in [0.2, 0.25) is 0 Å². The summed E-state index contributed by atoms with van der Waals surface area (Å²) in [6.07, 6.45) is 5.43.